The Hall–Kier alpha value is -2.78. The molecule has 31 heavy (non-hydrogen) atoms. The molecule has 1 aliphatic rings. The number of hydrogen-bond donors (Lipinski definition) is 1. The third-order valence-corrected chi connectivity index (χ3v) is 6.62. The lowest BCUT2D eigenvalue weighted by atomic mass is 9.97. The normalized spacial score (nSPS) is 16.0. The van der Waals surface area contributed by atoms with Crippen LogP contribution in [-0.2, 0) is 21.4 Å². The summed E-state index contributed by atoms with van der Waals surface area (Å²) in [6.07, 6.45) is 2.33. The first-order valence-corrected chi connectivity index (χ1v) is 11.4. The van der Waals surface area contributed by atoms with Crippen LogP contribution in [-0.4, -0.2) is 38.3 Å². The van der Waals surface area contributed by atoms with Gasteiger partial charge in [-0.25, -0.2) is 8.42 Å². The van der Waals surface area contributed by atoms with E-state index in [1.807, 2.05) is 30.3 Å². The van der Waals surface area contributed by atoms with Gasteiger partial charge < -0.3 is 10.1 Å². The van der Waals surface area contributed by atoms with E-state index in [-0.39, 0.29) is 37.2 Å². The summed E-state index contributed by atoms with van der Waals surface area (Å²) in [5, 5.41) is 3.92. The maximum Gasteiger partial charge on any atom is 0.387 e. The molecular formula is C22H24F2N2O4S. The van der Waals surface area contributed by atoms with Crippen molar-refractivity contribution in [2.75, 3.05) is 13.1 Å². The molecule has 1 N–H and O–H groups in total. The highest BCUT2D eigenvalue weighted by Gasteiger charge is 2.29. The molecule has 1 heterocycles. The van der Waals surface area contributed by atoms with E-state index >= 15 is 0 Å². The summed E-state index contributed by atoms with van der Waals surface area (Å²) in [6, 6.07) is 15.4. The van der Waals surface area contributed by atoms with Crippen LogP contribution < -0.4 is 10.1 Å². The molecular weight excluding hydrogens is 426 g/mol. The first-order valence-electron chi connectivity index (χ1n) is 9.89. The Balaban J connectivity index is 1.51. The molecule has 0 unspecified atom stereocenters. The Bertz CT molecular complexity index is 1010. The Morgan fingerprint density at radius 1 is 1.10 bits per heavy atom. The van der Waals surface area contributed by atoms with Gasteiger partial charge in [-0.15, -0.1) is 0 Å². The van der Waals surface area contributed by atoms with Crippen LogP contribution in [0, 0.1) is 5.92 Å². The molecule has 3 rings (SSSR count). The van der Waals surface area contributed by atoms with Crippen molar-refractivity contribution < 1.29 is 26.7 Å². The molecule has 0 bridgehead atoms. The molecule has 0 radical (unpaired) electrons. The Morgan fingerprint density at radius 3 is 2.42 bits per heavy atom. The highest BCUT2D eigenvalue weighted by atomic mass is 32.2. The molecule has 2 aromatic carbocycles. The summed E-state index contributed by atoms with van der Waals surface area (Å²) >= 11 is 0. The molecule has 1 fully saturated rings. The number of sulfonamides is 1. The largest absolute Gasteiger partial charge is 0.434 e. The Kier molecular flexibility index (Phi) is 7.75. The van der Waals surface area contributed by atoms with Gasteiger partial charge in [0.1, 0.15) is 5.75 Å². The predicted molar refractivity (Wildman–Crippen MR) is 114 cm³/mol. The van der Waals surface area contributed by atoms with Gasteiger partial charge in [-0.05, 0) is 30.5 Å². The highest BCUT2D eigenvalue weighted by molar-refractivity contribution is 7.92. The van der Waals surface area contributed by atoms with E-state index in [4.69, 9.17) is 0 Å². The quantitative estimate of drug-likeness (QED) is 0.667. The van der Waals surface area contributed by atoms with Gasteiger partial charge in [-0.3, -0.25) is 4.79 Å². The SMILES string of the molecule is O=C(NCc1ccccc1OC(F)F)C1CCN(S(=O)(=O)/C=C/c2ccccc2)CC1. The molecule has 0 saturated carbocycles. The Morgan fingerprint density at radius 2 is 1.74 bits per heavy atom. The number of ether oxygens (including phenoxy) is 1. The van der Waals surface area contributed by atoms with E-state index in [0.717, 1.165) is 5.56 Å². The molecule has 0 atom stereocenters. The van der Waals surface area contributed by atoms with Crippen LogP contribution in [0.4, 0.5) is 8.78 Å². The number of nitrogens with one attached hydrogen (secondary N) is 1. The van der Waals surface area contributed by atoms with Crippen molar-refractivity contribution in [3.8, 4) is 5.75 Å². The number of piperidine rings is 1. The van der Waals surface area contributed by atoms with Gasteiger partial charge in [0.25, 0.3) is 0 Å². The number of carbonyl (C=O) groups excluding carboxylic acids is 1. The summed E-state index contributed by atoms with van der Waals surface area (Å²) in [5.74, 6) is -0.555. The number of alkyl halides is 2. The molecule has 0 aliphatic carbocycles. The lowest BCUT2D eigenvalue weighted by Crippen LogP contribution is -2.42. The zero-order chi connectivity index (χ0) is 22.3. The maximum atomic E-state index is 12.5. The maximum absolute atomic E-state index is 12.5. The first kappa shape index (κ1) is 22.9. The van der Waals surface area contributed by atoms with Crippen molar-refractivity contribution in [3.05, 3.63) is 71.1 Å². The van der Waals surface area contributed by atoms with E-state index in [1.54, 1.807) is 24.3 Å². The smallest absolute Gasteiger partial charge is 0.387 e. The van der Waals surface area contributed by atoms with Crippen molar-refractivity contribution >= 4 is 22.0 Å². The fourth-order valence-corrected chi connectivity index (χ4v) is 4.60. The number of rotatable bonds is 8. The van der Waals surface area contributed by atoms with E-state index in [1.165, 1.54) is 15.8 Å². The van der Waals surface area contributed by atoms with E-state index in [2.05, 4.69) is 10.1 Å². The summed E-state index contributed by atoms with van der Waals surface area (Å²) in [4.78, 5) is 12.5. The standard InChI is InChI=1S/C22H24F2N2O4S/c23-22(24)30-20-9-5-4-8-19(20)16-25-21(27)18-10-13-26(14-11-18)31(28,29)15-12-17-6-2-1-3-7-17/h1-9,12,15,18,22H,10-11,13-14,16H2,(H,25,27)/b15-12+. The van der Waals surface area contributed by atoms with Crippen LogP contribution in [0.5, 0.6) is 5.75 Å². The average Bonchev–Trinajstić information content (AvgIpc) is 2.77. The molecule has 9 heteroatoms. The van der Waals surface area contributed by atoms with Crippen LogP contribution in [0.1, 0.15) is 24.0 Å². The first-order chi connectivity index (χ1) is 14.8. The second kappa shape index (κ2) is 10.5. The van der Waals surface area contributed by atoms with Crippen LogP contribution in [0.2, 0.25) is 0 Å². The number of amides is 1. The van der Waals surface area contributed by atoms with Gasteiger partial charge in [-0.1, -0.05) is 48.5 Å². The molecule has 0 spiro atoms. The van der Waals surface area contributed by atoms with Crippen molar-refractivity contribution in [1.29, 1.82) is 0 Å². The summed E-state index contributed by atoms with van der Waals surface area (Å²) in [6.45, 7) is -2.41. The number of nitrogens with zero attached hydrogens (tertiary/aromatic N) is 1. The predicted octanol–water partition coefficient (Wildman–Crippen LogP) is 3.62. The van der Waals surface area contributed by atoms with Crippen LogP contribution in [0.25, 0.3) is 6.08 Å². The summed E-state index contributed by atoms with van der Waals surface area (Å²) < 4.78 is 55.9. The van der Waals surface area contributed by atoms with Crippen molar-refractivity contribution in [2.45, 2.75) is 26.0 Å². The van der Waals surface area contributed by atoms with E-state index in [0.29, 0.717) is 18.4 Å². The summed E-state index contributed by atoms with van der Waals surface area (Å²) in [7, 11) is -3.57. The number of para-hydroxylation sites is 1. The topological polar surface area (TPSA) is 75.7 Å². The van der Waals surface area contributed by atoms with Gasteiger partial charge in [0.05, 0.1) is 0 Å². The molecule has 166 valence electrons. The van der Waals surface area contributed by atoms with Crippen LogP contribution in [0.15, 0.2) is 60.0 Å². The minimum absolute atomic E-state index is 0.0175. The number of hydrogen-bond acceptors (Lipinski definition) is 4. The third-order valence-electron chi connectivity index (χ3n) is 5.06. The fourth-order valence-electron chi connectivity index (χ4n) is 3.37. The van der Waals surface area contributed by atoms with Crippen LogP contribution >= 0.6 is 0 Å². The zero-order valence-corrected chi connectivity index (χ0v) is 17.6. The minimum Gasteiger partial charge on any atom is -0.434 e. The molecule has 0 aromatic heterocycles. The number of benzene rings is 2. The van der Waals surface area contributed by atoms with Crippen molar-refractivity contribution in [3.63, 3.8) is 0 Å². The van der Waals surface area contributed by atoms with E-state index in [9.17, 15) is 22.0 Å². The van der Waals surface area contributed by atoms with Gasteiger partial charge in [-0.2, -0.15) is 13.1 Å². The monoisotopic (exact) mass is 450 g/mol. The Labute approximate surface area is 180 Å². The zero-order valence-electron chi connectivity index (χ0n) is 16.8. The molecule has 1 aliphatic heterocycles. The molecule has 2 aromatic rings. The second-order valence-electron chi connectivity index (χ2n) is 7.14. The molecule has 1 amide bonds. The second-order valence-corrected chi connectivity index (χ2v) is 8.95. The molecule has 6 nitrogen and oxygen atoms in total. The molecule has 1 saturated heterocycles. The number of halogens is 2. The lowest BCUT2D eigenvalue weighted by Gasteiger charge is -2.29. The van der Waals surface area contributed by atoms with Crippen LogP contribution in [0.3, 0.4) is 0 Å². The lowest BCUT2D eigenvalue weighted by molar-refractivity contribution is -0.126. The van der Waals surface area contributed by atoms with Gasteiger partial charge >= 0.3 is 6.61 Å². The minimum atomic E-state index is -3.57. The van der Waals surface area contributed by atoms with E-state index < -0.39 is 16.6 Å². The fraction of sp³-hybridized carbons (Fsp3) is 0.318. The van der Waals surface area contributed by atoms with Gasteiger partial charge in [0.2, 0.25) is 15.9 Å². The van der Waals surface area contributed by atoms with Gasteiger partial charge in [0.15, 0.2) is 0 Å². The number of carbonyl (C=O) groups is 1. The average molecular weight is 451 g/mol. The third kappa shape index (κ3) is 6.60. The highest BCUT2D eigenvalue weighted by Crippen LogP contribution is 2.23. The van der Waals surface area contributed by atoms with Gasteiger partial charge in [0, 0.05) is 36.5 Å². The van der Waals surface area contributed by atoms with Crippen molar-refractivity contribution in [1.82, 2.24) is 9.62 Å². The summed E-state index contributed by atoms with van der Waals surface area (Å²) in [5.41, 5.74) is 1.23. The van der Waals surface area contributed by atoms with Crippen molar-refractivity contribution in [2.24, 2.45) is 5.92 Å².